The van der Waals surface area contributed by atoms with Crippen LogP contribution >= 0.6 is 0 Å². The van der Waals surface area contributed by atoms with Crippen LogP contribution < -0.4 is 10.4 Å². The van der Waals surface area contributed by atoms with Gasteiger partial charge in [-0.3, -0.25) is 0 Å². The summed E-state index contributed by atoms with van der Waals surface area (Å²) >= 11 is 0. The molecule has 2 aromatic carbocycles. The molecule has 0 aliphatic heterocycles. The molecule has 16 heteroatoms. The minimum atomic E-state index is -2.71. The number of unbranched alkanes of at least 4 members (excludes halogenated alkanes) is 2. The van der Waals surface area contributed by atoms with E-state index in [4.69, 9.17) is 24.7 Å². The van der Waals surface area contributed by atoms with Gasteiger partial charge in [0.25, 0.3) is 0 Å². The lowest BCUT2D eigenvalue weighted by Gasteiger charge is -2.43. The third-order valence-corrected chi connectivity index (χ3v) is 40.2. The molecule has 0 atom stereocenters. The van der Waals surface area contributed by atoms with Crippen LogP contribution in [0.2, 0.25) is 117 Å². The van der Waals surface area contributed by atoms with E-state index >= 15 is 0 Å². The fraction of sp³-hybridized carbons (Fsp3) is 0.632. The van der Waals surface area contributed by atoms with Gasteiger partial charge in [-0.15, -0.1) is 0 Å². The second kappa shape index (κ2) is 18.7. The molecule has 302 valence electrons. The molecule has 0 aliphatic carbocycles. The molecule has 0 N–H and O–H groups in total. The van der Waals surface area contributed by atoms with Crippen LogP contribution in [0.4, 0.5) is 0 Å². The monoisotopic (exact) mass is 876 g/mol. The predicted molar refractivity (Wildman–Crippen MR) is 246 cm³/mol. The highest BCUT2D eigenvalue weighted by Crippen LogP contribution is 2.30. The van der Waals surface area contributed by atoms with E-state index in [1.54, 1.807) is 6.07 Å². The first-order valence-corrected chi connectivity index (χ1v) is 43.1. The van der Waals surface area contributed by atoms with E-state index in [0.717, 1.165) is 34.8 Å². The second-order valence-electron chi connectivity index (χ2n) is 18.7. The van der Waals surface area contributed by atoms with Crippen LogP contribution in [0.25, 0.3) is 11.1 Å². The van der Waals surface area contributed by atoms with Crippen molar-refractivity contribution in [3.05, 3.63) is 47.5 Å². The molecule has 0 heterocycles. The Kier molecular flexibility index (Phi) is 17.0. The highest BCUT2D eigenvalue weighted by molar-refractivity contribution is 7.00. The number of nitriles is 2. The summed E-state index contributed by atoms with van der Waals surface area (Å²) < 4.78 is 42.3. The Morgan fingerprint density at radius 2 is 0.815 bits per heavy atom. The fourth-order valence-electron chi connectivity index (χ4n) is 7.90. The van der Waals surface area contributed by atoms with Gasteiger partial charge in [-0.2, -0.15) is 10.5 Å². The maximum Gasteiger partial charge on any atom is 0.312 e. The molecule has 2 rings (SSSR count). The highest BCUT2D eigenvalue weighted by atomic mass is 28.5. The van der Waals surface area contributed by atoms with Gasteiger partial charge in [-0.25, -0.2) is 0 Å². The van der Waals surface area contributed by atoms with E-state index < -0.39 is 67.5 Å². The molecular formula is C38H72N2O6Si8. The maximum atomic E-state index is 9.83. The summed E-state index contributed by atoms with van der Waals surface area (Å²) in [6, 6.07) is 18.6. The molecule has 0 fully saturated rings. The zero-order valence-electron chi connectivity index (χ0n) is 37.1. The zero-order valence-corrected chi connectivity index (χ0v) is 45.1. The molecule has 0 unspecified atom stereocenters. The van der Waals surface area contributed by atoms with E-state index in [2.05, 4.69) is 149 Å². The Labute approximate surface area is 338 Å². The normalized spacial score (nSPS) is 13.9. The molecule has 0 aliphatic rings. The van der Waals surface area contributed by atoms with Crippen LogP contribution in [0.15, 0.2) is 36.4 Å². The van der Waals surface area contributed by atoms with Gasteiger partial charge in [0.05, 0.1) is 11.1 Å². The van der Waals surface area contributed by atoms with Crippen molar-refractivity contribution in [2.75, 3.05) is 0 Å². The zero-order chi connectivity index (χ0) is 41.6. The van der Waals surface area contributed by atoms with Crippen molar-refractivity contribution in [1.82, 2.24) is 0 Å². The molecule has 0 radical (unpaired) electrons. The average Bonchev–Trinajstić information content (AvgIpc) is 2.98. The molecule has 0 aromatic heterocycles. The molecule has 54 heavy (non-hydrogen) atoms. The largest absolute Gasteiger partial charge is 0.436 e. The van der Waals surface area contributed by atoms with Gasteiger partial charge in [-0.05, 0) is 150 Å². The Morgan fingerprint density at radius 3 is 1.22 bits per heavy atom. The van der Waals surface area contributed by atoms with Gasteiger partial charge in [-0.1, -0.05) is 63.8 Å². The third-order valence-electron chi connectivity index (χ3n) is 9.20. The van der Waals surface area contributed by atoms with E-state index in [1.165, 1.54) is 24.4 Å². The Bertz CT molecular complexity index is 1670. The number of hydrogen-bond acceptors (Lipinski definition) is 8. The summed E-state index contributed by atoms with van der Waals surface area (Å²) in [5.41, 5.74) is 2.60. The molecule has 0 bridgehead atoms. The lowest BCUT2D eigenvalue weighted by Crippen LogP contribution is -2.67. The molecule has 2 aromatic rings. The van der Waals surface area contributed by atoms with Crippen LogP contribution in [-0.2, 0) is 24.7 Å². The number of benzene rings is 2. The molecule has 0 saturated carbocycles. The first kappa shape index (κ1) is 49.1. The second-order valence-corrected chi connectivity index (χ2v) is 50.0. The Hall–Kier alpha value is -1.08. The number of rotatable bonds is 21. The van der Waals surface area contributed by atoms with E-state index in [1.807, 2.05) is 12.1 Å². The quantitative estimate of drug-likeness (QED) is 0.114. The van der Waals surface area contributed by atoms with Crippen molar-refractivity contribution >= 4 is 77.9 Å². The summed E-state index contributed by atoms with van der Waals surface area (Å²) in [6.07, 6.45) is 4.68. The van der Waals surface area contributed by atoms with Gasteiger partial charge in [0.1, 0.15) is 12.1 Å². The minimum Gasteiger partial charge on any atom is -0.436 e. The molecule has 8 nitrogen and oxygen atoms in total. The SMILES string of the molecule is CCCC[Si](C)(C)O[Si](C)(C)O[Si](C)(C)O[Si](C)(C)c1ccc(-c2ccc(C#N)c(C#N)c2)cc1[Si](C)(C)O[Si](C)(C)O[Si](C)(C)O[Si](C)(C)CCCC. The van der Waals surface area contributed by atoms with Crippen molar-refractivity contribution < 1.29 is 24.7 Å². The minimum absolute atomic E-state index is 0.366. The van der Waals surface area contributed by atoms with Crippen LogP contribution in [0, 0.1) is 22.7 Å². The topological polar surface area (TPSA) is 103 Å². The summed E-state index contributed by atoms with van der Waals surface area (Å²) in [4.78, 5) is 0. The maximum absolute atomic E-state index is 9.83. The average molecular weight is 878 g/mol. The van der Waals surface area contributed by atoms with Crippen molar-refractivity contribution in [3.63, 3.8) is 0 Å². The third kappa shape index (κ3) is 15.3. The molecule has 0 saturated heterocycles. The smallest absolute Gasteiger partial charge is 0.312 e. The molecular weight excluding hydrogens is 805 g/mol. The fourth-order valence-corrected chi connectivity index (χ4v) is 48.4. The molecule has 0 amide bonds. The number of nitrogens with zero attached hydrogens (tertiary/aromatic N) is 2. The van der Waals surface area contributed by atoms with E-state index in [-0.39, 0.29) is 0 Å². The molecule has 0 spiro atoms. The van der Waals surface area contributed by atoms with Gasteiger partial charge in [0.15, 0.2) is 16.6 Å². The van der Waals surface area contributed by atoms with Gasteiger partial charge in [0, 0.05) is 0 Å². The van der Waals surface area contributed by atoms with Crippen molar-refractivity contribution in [3.8, 4) is 23.3 Å². The number of hydrogen-bond donors (Lipinski definition) is 0. The standard InChI is InChI=1S/C38H72N2O6Si8/c1-19-21-27-47(3,4)41-51(11,12)45-53(15,16)43-49(7,8)37-26-25-34(33-23-24-35(31-39)36(29-33)32-40)30-38(37)50(9,10)44-54(17,18)46-52(13,14)42-48(5,6)28-22-20-2/h23-26,29-30H,19-22,27-28H2,1-18H3. The summed E-state index contributed by atoms with van der Waals surface area (Å²) in [5.74, 6) is 0. The lowest BCUT2D eigenvalue weighted by molar-refractivity contribution is 0.327. The van der Waals surface area contributed by atoms with E-state index in [9.17, 15) is 10.5 Å². The van der Waals surface area contributed by atoms with Crippen molar-refractivity contribution in [1.29, 1.82) is 10.5 Å². The highest BCUT2D eigenvalue weighted by Gasteiger charge is 2.48. The van der Waals surface area contributed by atoms with Gasteiger partial charge < -0.3 is 24.7 Å². The van der Waals surface area contributed by atoms with Gasteiger partial charge in [0.2, 0.25) is 16.6 Å². The first-order valence-electron chi connectivity index (χ1n) is 19.7. The first-order chi connectivity index (χ1) is 24.4. The Morgan fingerprint density at radius 1 is 0.444 bits per heavy atom. The Balaban J connectivity index is 2.63. The van der Waals surface area contributed by atoms with Crippen molar-refractivity contribution in [2.45, 2.75) is 156 Å². The van der Waals surface area contributed by atoms with Crippen molar-refractivity contribution in [2.24, 2.45) is 0 Å². The van der Waals surface area contributed by atoms with E-state index in [0.29, 0.717) is 11.1 Å². The van der Waals surface area contributed by atoms with Crippen LogP contribution in [0.3, 0.4) is 0 Å². The summed E-state index contributed by atoms with van der Waals surface area (Å²) in [6.45, 7) is 40.1. The lowest BCUT2D eigenvalue weighted by atomic mass is 10.0. The van der Waals surface area contributed by atoms with Crippen LogP contribution in [0.5, 0.6) is 0 Å². The van der Waals surface area contributed by atoms with Gasteiger partial charge >= 0.3 is 34.2 Å². The summed E-state index contributed by atoms with van der Waals surface area (Å²) in [5, 5.41) is 21.8. The summed E-state index contributed by atoms with van der Waals surface area (Å²) in [7, 11) is -19.5. The van der Waals surface area contributed by atoms with Crippen LogP contribution in [-0.4, -0.2) is 67.5 Å². The predicted octanol–water partition coefficient (Wildman–Crippen LogP) is 10.8. The van der Waals surface area contributed by atoms with Crippen LogP contribution in [0.1, 0.15) is 50.7 Å².